The molecule has 2 fully saturated rings. The van der Waals surface area contributed by atoms with Crippen LogP contribution in [0.25, 0.3) is 0 Å². The number of hydrazone groups is 1. The number of nitrogens with one attached hydrogen (secondary N) is 1. The first kappa shape index (κ1) is 26.2. The van der Waals surface area contributed by atoms with Crippen LogP contribution in [0.15, 0.2) is 84.0 Å². The first-order valence-corrected chi connectivity index (χ1v) is 13.3. The highest BCUT2D eigenvalue weighted by molar-refractivity contribution is 6.21. The molecule has 41 heavy (non-hydrogen) atoms. The minimum absolute atomic E-state index is 0.0580. The normalized spacial score (nSPS) is 24.6. The zero-order chi connectivity index (χ0) is 28.7. The van der Waals surface area contributed by atoms with Gasteiger partial charge in [0.25, 0.3) is 0 Å². The third-order valence-electron chi connectivity index (χ3n) is 8.03. The van der Waals surface area contributed by atoms with Crippen molar-refractivity contribution < 1.29 is 28.7 Å². The lowest BCUT2D eigenvalue weighted by Gasteiger charge is -2.44. The van der Waals surface area contributed by atoms with Gasteiger partial charge in [-0.3, -0.25) is 24.8 Å². The van der Waals surface area contributed by atoms with Crippen molar-refractivity contribution in [3.63, 3.8) is 0 Å². The maximum Gasteiger partial charge on any atom is 0.331 e. The molecular formula is C31H28N4O6. The Morgan fingerprint density at radius 2 is 1.68 bits per heavy atom. The summed E-state index contributed by atoms with van der Waals surface area (Å²) in [6.07, 6.45) is 1.61. The largest absolute Gasteiger partial charge is 0.497 e. The van der Waals surface area contributed by atoms with E-state index in [1.54, 1.807) is 49.5 Å². The average Bonchev–Trinajstić information content (AvgIpc) is 3.32. The molecule has 3 aliphatic rings. The smallest absolute Gasteiger partial charge is 0.331 e. The van der Waals surface area contributed by atoms with Gasteiger partial charge in [-0.15, -0.1) is 0 Å². The monoisotopic (exact) mass is 552 g/mol. The van der Waals surface area contributed by atoms with Crippen molar-refractivity contribution in [2.75, 3.05) is 13.7 Å². The minimum Gasteiger partial charge on any atom is -0.497 e. The summed E-state index contributed by atoms with van der Waals surface area (Å²) in [5, 5.41) is 8.59. The third-order valence-corrected chi connectivity index (χ3v) is 8.03. The molecule has 3 aromatic rings. The molecule has 3 aromatic carbocycles. The van der Waals surface area contributed by atoms with Gasteiger partial charge in [-0.2, -0.15) is 5.10 Å². The predicted molar refractivity (Wildman–Crippen MR) is 148 cm³/mol. The Morgan fingerprint density at radius 3 is 2.39 bits per heavy atom. The molecular weight excluding hydrogens is 524 g/mol. The van der Waals surface area contributed by atoms with Gasteiger partial charge in [0.2, 0.25) is 11.8 Å². The third kappa shape index (κ3) is 3.97. The quantitative estimate of drug-likeness (QED) is 0.368. The highest BCUT2D eigenvalue weighted by Gasteiger charge is 2.73. The van der Waals surface area contributed by atoms with Gasteiger partial charge < -0.3 is 9.47 Å². The number of methoxy groups -OCH3 is 1. The van der Waals surface area contributed by atoms with Crippen LogP contribution in [0.1, 0.15) is 41.1 Å². The summed E-state index contributed by atoms with van der Waals surface area (Å²) in [5.41, 5.74) is 0.648. The molecule has 0 saturated carbocycles. The van der Waals surface area contributed by atoms with Gasteiger partial charge in [0.05, 0.1) is 32.5 Å². The van der Waals surface area contributed by atoms with Crippen molar-refractivity contribution in [3.05, 3.63) is 101 Å². The summed E-state index contributed by atoms with van der Waals surface area (Å²) in [7, 11) is 1.53. The highest BCUT2D eigenvalue weighted by atomic mass is 16.5. The molecule has 3 heterocycles. The number of imide groups is 2. The van der Waals surface area contributed by atoms with E-state index in [0.29, 0.717) is 28.0 Å². The second-order valence-corrected chi connectivity index (χ2v) is 10.1. The molecule has 0 aliphatic carbocycles. The van der Waals surface area contributed by atoms with E-state index in [4.69, 9.17) is 9.47 Å². The molecule has 0 bridgehead atoms. The summed E-state index contributed by atoms with van der Waals surface area (Å²) >= 11 is 0. The van der Waals surface area contributed by atoms with Crippen LogP contribution < -0.4 is 10.1 Å². The molecule has 1 N–H and O–H groups in total. The number of carbonyl (C=O) groups is 4. The lowest BCUT2D eigenvalue weighted by Crippen LogP contribution is -2.66. The Morgan fingerprint density at radius 1 is 0.976 bits per heavy atom. The Hall–Kier alpha value is -4.99. The molecule has 10 heteroatoms. The van der Waals surface area contributed by atoms with E-state index in [9.17, 15) is 19.2 Å². The van der Waals surface area contributed by atoms with Gasteiger partial charge in [0.15, 0.2) is 11.5 Å². The number of rotatable bonds is 6. The van der Waals surface area contributed by atoms with Gasteiger partial charge in [-0.25, -0.2) is 9.59 Å². The zero-order valence-corrected chi connectivity index (χ0v) is 22.5. The fraction of sp³-hybridized carbons (Fsp3) is 0.258. The van der Waals surface area contributed by atoms with Gasteiger partial charge in [-0.05, 0) is 41.3 Å². The van der Waals surface area contributed by atoms with E-state index in [2.05, 4.69) is 10.4 Å². The van der Waals surface area contributed by atoms with Crippen molar-refractivity contribution in [2.24, 2.45) is 10.5 Å². The molecule has 4 amide bonds. The SMILES string of the molecule is CCOC(=O)[C@H]1[C@H](c2ccc(OC)cc2)[C@@]2(C(=O)NC(=O)N(Cc3ccccc3)C2=O)[C@@H]2c3ccccc3C=NN21. The van der Waals surface area contributed by atoms with Crippen LogP contribution in [0.5, 0.6) is 5.75 Å². The number of urea groups is 1. The van der Waals surface area contributed by atoms with Crippen LogP contribution in [0.4, 0.5) is 4.79 Å². The molecule has 2 saturated heterocycles. The van der Waals surface area contributed by atoms with Crippen LogP contribution in [-0.2, 0) is 25.7 Å². The number of carbonyl (C=O) groups excluding carboxylic acids is 4. The van der Waals surface area contributed by atoms with Gasteiger partial charge >= 0.3 is 12.0 Å². The second-order valence-electron chi connectivity index (χ2n) is 10.1. The molecule has 10 nitrogen and oxygen atoms in total. The van der Waals surface area contributed by atoms with Crippen molar-refractivity contribution in [2.45, 2.75) is 31.5 Å². The number of benzene rings is 3. The summed E-state index contributed by atoms with van der Waals surface area (Å²) in [6, 6.07) is 20.3. The standard InChI is InChI=1S/C31H28N4O6/c1-3-41-27(36)25-24(20-13-15-22(40-2)16-14-20)31(26-23-12-8-7-11-21(23)17-32-35(25)26)28(37)33-30(39)34(29(31)38)18-19-9-5-4-6-10-19/h4-17,24-26H,3,18H2,1-2H3,(H,33,37,39)/t24-,25+,26-,31-/m0/s1. The summed E-state index contributed by atoms with van der Waals surface area (Å²) in [5.74, 6) is -2.61. The molecule has 6 rings (SSSR count). The van der Waals surface area contributed by atoms with Crippen LogP contribution >= 0.6 is 0 Å². The number of ether oxygens (including phenoxy) is 2. The molecule has 208 valence electrons. The summed E-state index contributed by atoms with van der Waals surface area (Å²) in [4.78, 5) is 57.2. The zero-order valence-electron chi connectivity index (χ0n) is 22.5. The number of hydrogen-bond acceptors (Lipinski definition) is 8. The van der Waals surface area contributed by atoms with E-state index in [0.717, 1.165) is 4.90 Å². The summed E-state index contributed by atoms with van der Waals surface area (Å²) in [6.45, 7) is 1.73. The number of esters is 1. The van der Waals surface area contributed by atoms with Crippen LogP contribution in [0.3, 0.4) is 0 Å². The molecule has 4 atom stereocenters. The van der Waals surface area contributed by atoms with Gasteiger partial charge in [0.1, 0.15) is 5.75 Å². The number of hydrogen-bond donors (Lipinski definition) is 1. The fourth-order valence-electron chi connectivity index (χ4n) is 6.31. The molecule has 1 spiro atoms. The highest BCUT2D eigenvalue weighted by Crippen LogP contribution is 2.61. The van der Waals surface area contributed by atoms with Gasteiger partial charge in [0, 0.05) is 5.92 Å². The van der Waals surface area contributed by atoms with E-state index >= 15 is 0 Å². The van der Waals surface area contributed by atoms with Crippen LogP contribution in [0, 0.1) is 5.41 Å². The Kier molecular flexibility index (Phi) is 6.53. The molecule has 0 radical (unpaired) electrons. The number of fused-ring (bicyclic) bond motifs is 4. The van der Waals surface area contributed by atoms with Gasteiger partial charge in [-0.1, -0.05) is 66.7 Å². The van der Waals surface area contributed by atoms with Crippen molar-refractivity contribution in [3.8, 4) is 5.75 Å². The van der Waals surface area contributed by atoms with E-state index in [-0.39, 0.29) is 13.2 Å². The van der Waals surface area contributed by atoms with E-state index in [1.165, 1.54) is 12.1 Å². The minimum atomic E-state index is -1.94. The van der Waals surface area contributed by atoms with Crippen molar-refractivity contribution >= 4 is 30.0 Å². The summed E-state index contributed by atoms with van der Waals surface area (Å²) < 4.78 is 10.8. The maximum absolute atomic E-state index is 14.9. The maximum atomic E-state index is 14.9. The molecule has 0 unspecified atom stereocenters. The molecule has 3 aliphatic heterocycles. The van der Waals surface area contributed by atoms with Crippen molar-refractivity contribution in [1.82, 2.24) is 15.2 Å². The van der Waals surface area contributed by atoms with E-state index < -0.39 is 47.2 Å². The Labute approximate surface area is 236 Å². The molecule has 0 aromatic heterocycles. The van der Waals surface area contributed by atoms with E-state index in [1.807, 2.05) is 42.5 Å². The predicted octanol–water partition coefficient (Wildman–Crippen LogP) is 3.38. The Balaban J connectivity index is 1.61. The van der Waals surface area contributed by atoms with Crippen molar-refractivity contribution in [1.29, 1.82) is 0 Å². The van der Waals surface area contributed by atoms with Crippen LogP contribution in [0.2, 0.25) is 0 Å². The van der Waals surface area contributed by atoms with Crippen LogP contribution in [-0.4, -0.2) is 59.7 Å². The number of nitrogens with zero attached hydrogens (tertiary/aromatic N) is 3. The second kappa shape index (κ2) is 10.2. The Bertz CT molecular complexity index is 1560. The average molecular weight is 553 g/mol. The number of barbiturate groups is 1. The first-order valence-electron chi connectivity index (χ1n) is 13.3. The number of amides is 4. The fourth-order valence-corrected chi connectivity index (χ4v) is 6.31. The lowest BCUT2D eigenvalue weighted by atomic mass is 9.64. The lowest BCUT2D eigenvalue weighted by molar-refractivity contribution is -0.155. The topological polar surface area (TPSA) is 118 Å². The first-order chi connectivity index (χ1) is 19.9.